The maximum atomic E-state index is 11.9. The third-order valence-electron chi connectivity index (χ3n) is 4.49. The van der Waals surface area contributed by atoms with Gasteiger partial charge in [0, 0.05) is 26.1 Å². The average molecular weight is 332 g/mol. The molecule has 0 atom stereocenters. The van der Waals surface area contributed by atoms with E-state index < -0.39 is 0 Å². The smallest absolute Gasteiger partial charge is 0.258 e. The van der Waals surface area contributed by atoms with Crippen LogP contribution in [0.15, 0.2) is 24.3 Å². The minimum atomic E-state index is -0.164. The van der Waals surface area contributed by atoms with Gasteiger partial charge in [-0.3, -0.25) is 9.59 Å². The highest BCUT2D eigenvalue weighted by molar-refractivity contribution is 5.77. The molecule has 2 rings (SSSR count). The first-order chi connectivity index (χ1) is 11.6. The second kappa shape index (κ2) is 9.30. The first-order valence-electron chi connectivity index (χ1n) is 8.79. The van der Waals surface area contributed by atoms with Crippen molar-refractivity contribution in [2.45, 2.75) is 52.0 Å². The number of nitrogens with zero attached hydrogens (tertiary/aromatic N) is 1. The number of carbonyl (C=O) groups excluding carboxylic acids is 2. The van der Waals surface area contributed by atoms with Gasteiger partial charge in [0.15, 0.2) is 6.61 Å². The molecule has 0 aliphatic heterocycles. The standard InChI is InChI=1S/C19H28N2O3/c1-15-8-10-18(11-9-15)24-14-19(23)20-12-13-21(16(2)22)17-6-4-3-5-7-17/h8-11,17H,3-7,12-14H2,1-2H3,(H,20,23). The molecule has 5 nitrogen and oxygen atoms in total. The molecular formula is C19H28N2O3. The lowest BCUT2D eigenvalue weighted by atomic mass is 9.94. The fraction of sp³-hybridized carbons (Fsp3) is 0.579. The molecule has 1 aromatic carbocycles. The van der Waals surface area contributed by atoms with Crippen molar-refractivity contribution in [2.75, 3.05) is 19.7 Å². The van der Waals surface area contributed by atoms with Crippen molar-refractivity contribution in [1.29, 1.82) is 0 Å². The van der Waals surface area contributed by atoms with Crippen molar-refractivity contribution in [3.05, 3.63) is 29.8 Å². The molecule has 0 spiro atoms. The van der Waals surface area contributed by atoms with Crippen LogP contribution in [0.1, 0.15) is 44.6 Å². The molecular weight excluding hydrogens is 304 g/mol. The number of carbonyl (C=O) groups is 2. The van der Waals surface area contributed by atoms with Crippen LogP contribution in [-0.4, -0.2) is 42.5 Å². The molecule has 0 aromatic heterocycles. The molecule has 1 fully saturated rings. The fourth-order valence-electron chi connectivity index (χ4n) is 3.14. The third kappa shape index (κ3) is 5.87. The summed E-state index contributed by atoms with van der Waals surface area (Å²) in [6.07, 6.45) is 5.78. The number of hydrogen-bond donors (Lipinski definition) is 1. The monoisotopic (exact) mass is 332 g/mol. The zero-order valence-corrected chi connectivity index (χ0v) is 14.7. The maximum absolute atomic E-state index is 11.9. The summed E-state index contributed by atoms with van der Waals surface area (Å²) in [5, 5.41) is 2.83. The second-order valence-electron chi connectivity index (χ2n) is 6.46. The zero-order valence-electron chi connectivity index (χ0n) is 14.7. The molecule has 1 aromatic rings. The van der Waals surface area contributed by atoms with Crippen molar-refractivity contribution in [1.82, 2.24) is 10.2 Å². The Morgan fingerprint density at radius 1 is 1.17 bits per heavy atom. The summed E-state index contributed by atoms with van der Waals surface area (Å²) >= 11 is 0. The maximum Gasteiger partial charge on any atom is 0.258 e. The molecule has 0 heterocycles. The van der Waals surface area contributed by atoms with Gasteiger partial charge in [-0.05, 0) is 31.9 Å². The van der Waals surface area contributed by atoms with Crippen molar-refractivity contribution in [2.24, 2.45) is 0 Å². The Morgan fingerprint density at radius 3 is 2.46 bits per heavy atom. The SMILES string of the molecule is CC(=O)N(CCNC(=O)COc1ccc(C)cc1)C1CCCCC1. The second-order valence-corrected chi connectivity index (χ2v) is 6.46. The van der Waals surface area contributed by atoms with Crippen molar-refractivity contribution in [3.63, 3.8) is 0 Å². The van der Waals surface area contributed by atoms with Gasteiger partial charge >= 0.3 is 0 Å². The van der Waals surface area contributed by atoms with Gasteiger partial charge in [0.05, 0.1) is 0 Å². The van der Waals surface area contributed by atoms with Crippen molar-refractivity contribution < 1.29 is 14.3 Å². The summed E-state index contributed by atoms with van der Waals surface area (Å²) in [4.78, 5) is 25.6. The Hall–Kier alpha value is -2.04. The summed E-state index contributed by atoms with van der Waals surface area (Å²) in [5.41, 5.74) is 1.15. The molecule has 0 bridgehead atoms. The van der Waals surface area contributed by atoms with E-state index in [2.05, 4.69) is 5.32 Å². The van der Waals surface area contributed by atoms with E-state index in [1.807, 2.05) is 36.1 Å². The first kappa shape index (κ1) is 18.3. The molecule has 24 heavy (non-hydrogen) atoms. The van der Waals surface area contributed by atoms with E-state index in [4.69, 9.17) is 4.74 Å². The molecule has 5 heteroatoms. The van der Waals surface area contributed by atoms with E-state index in [0.29, 0.717) is 24.9 Å². The lowest BCUT2D eigenvalue weighted by molar-refractivity contribution is -0.132. The summed E-state index contributed by atoms with van der Waals surface area (Å²) in [7, 11) is 0. The highest BCUT2D eigenvalue weighted by atomic mass is 16.5. The van der Waals surface area contributed by atoms with Crippen LogP contribution < -0.4 is 10.1 Å². The highest BCUT2D eigenvalue weighted by Crippen LogP contribution is 2.22. The van der Waals surface area contributed by atoms with Gasteiger partial charge in [0.25, 0.3) is 5.91 Å². The van der Waals surface area contributed by atoms with Crippen molar-refractivity contribution in [3.8, 4) is 5.75 Å². The van der Waals surface area contributed by atoms with E-state index in [0.717, 1.165) is 18.4 Å². The van der Waals surface area contributed by atoms with Crippen LogP contribution >= 0.6 is 0 Å². The number of hydrogen-bond acceptors (Lipinski definition) is 3. The number of rotatable bonds is 7. The first-order valence-corrected chi connectivity index (χ1v) is 8.79. The molecule has 1 aliphatic carbocycles. The Bertz CT molecular complexity index is 536. The van der Waals surface area contributed by atoms with Gasteiger partial charge in [-0.1, -0.05) is 37.0 Å². The van der Waals surface area contributed by atoms with Crippen LogP contribution in [0, 0.1) is 6.92 Å². The quantitative estimate of drug-likeness (QED) is 0.835. The Balaban J connectivity index is 1.70. The molecule has 132 valence electrons. The van der Waals surface area contributed by atoms with Crippen LogP contribution in [0.25, 0.3) is 0 Å². The Kier molecular flexibility index (Phi) is 7.09. The predicted octanol–water partition coefficient (Wildman–Crippen LogP) is 2.67. The Morgan fingerprint density at radius 2 is 1.83 bits per heavy atom. The Labute approximate surface area is 144 Å². The topological polar surface area (TPSA) is 58.6 Å². The van der Waals surface area contributed by atoms with Crippen LogP contribution in [0.3, 0.4) is 0 Å². The molecule has 0 saturated heterocycles. The van der Waals surface area contributed by atoms with E-state index in [-0.39, 0.29) is 18.4 Å². The summed E-state index contributed by atoms with van der Waals surface area (Å²) in [6, 6.07) is 7.92. The predicted molar refractivity (Wildman–Crippen MR) is 93.9 cm³/mol. The molecule has 0 unspecified atom stereocenters. The summed E-state index contributed by atoms with van der Waals surface area (Å²) in [6.45, 7) is 4.63. The van der Waals surface area contributed by atoms with E-state index >= 15 is 0 Å². The minimum Gasteiger partial charge on any atom is -0.484 e. The van der Waals surface area contributed by atoms with Crippen LogP contribution in [0.4, 0.5) is 0 Å². The minimum absolute atomic E-state index is 0.00738. The van der Waals surface area contributed by atoms with Crippen LogP contribution in [-0.2, 0) is 9.59 Å². The zero-order chi connectivity index (χ0) is 17.4. The summed E-state index contributed by atoms with van der Waals surface area (Å²) < 4.78 is 5.45. The lowest BCUT2D eigenvalue weighted by Crippen LogP contribution is -2.45. The van der Waals surface area contributed by atoms with Crippen LogP contribution in [0.2, 0.25) is 0 Å². The molecule has 0 radical (unpaired) electrons. The molecule has 1 saturated carbocycles. The normalized spacial score (nSPS) is 14.9. The third-order valence-corrected chi connectivity index (χ3v) is 4.49. The van der Waals surface area contributed by atoms with E-state index in [1.165, 1.54) is 19.3 Å². The van der Waals surface area contributed by atoms with Gasteiger partial charge in [0.1, 0.15) is 5.75 Å². The summed E-state index contributed by atoms with van der Waals surface area (Å²) in [5.74, 6) is 0.609. The number of ether oxygens (including phenoxy) is 1. The van der Waals surface area contributed by atoms with E-state index in [9.17, 15) is 9.59 Å². The highest BCUT2D eigenvalue weighted by Gasteiger charge is 2.22. The van der Waals surface area contributed by atoms with Crippen molar-refractivity contribution >= 4 is 11.8 Å². The van der Waals surface area contributed by atoms with Crippen LogP contribution in [0.5, 0.6) is 5.75 Å². The number of nitrogens with one attached hydrogen (secondary N) is 1. The number of amides is 2. The van der Waals surface area contributed by atoms with Gasteiger partial charge in [-0.2, -0.15) is 0 Å². The van der Waals surface area contributed by atoms with Gasteiger partial charge < -0.3 is 15.0 Å². The lowest BCUT2D eigenvalue weighted by Gasteiger charge is -2.33. The molecule has 2 amide bonds. The van der Waals surface area contributed by atoms with Gasteiger partial charge in [-0.15, -0.1) is 0 Å². The number of aryl methyl sites for hydroxylation is 1. The van der Waals surface area contributed by atoms with E-state index in [1.54, 1.807) is 6.92 Å². The molecule has 1 N–H and O–H groups in total. The van der Waals surface area contributed by atoms with Gasteiger partial charge in [-0.25, -0.2) is 0 Å². The molecule has 1 aliphatic rings. The largest absolute Gasteiger partial charge is 0.484 e. The average Bonchev–Trinajstić information content (AvgIpc) is 2.58. The fourth-order valence-corrected chi connectivity index (χ4v) is 3.14. The van der Waals surface area contributed by atoms with Gasteiger partial charge in [0.2, 0.25) is 5.91 Å². The number of benzene rings is 1.